The van der Waals surface area contributed by atoms with Crippen LogP contribution in [-0.4, -0.2) is 53.0 Å². The van der Waals surface area contributed by atoms with Crippen LogP contribution in [0.2, 0.25) is 0 Å². The highest BCUT2D eigenvalue weighted by molar-refractivity contribution is 7.92. The van der Waals surface area contributed by atoms with E-state index in [1.807, 2.05) is 31.2 Å². The highest BCUT2D eigenvalue weighted by atomic mass is 32.2. The molecular weight excluding hydrogens is 408 g/mol. The summed E-state index contributed by atoms with van der Waals surface area (Å²) < 4.78 is 42.4. The molecule has 0 bridgehead atoms. The number of amides is 1. The molecule has 1 aliphatic rings. The molecule has 0 saturated carbocycles. The summed E-state index contributed by atoms with van der Waals surface area (Å²) >= 11 is 0. The molecule has 1 N–H and O–H groups in total. The molecule has 8 nitrogen and oxygen atoms in total. The molecule has 0 aliphatic carbocycles. The largest absolute Gasteiger partial charge is 0.491 e. The first-order valence-corrected chi connectivity index (χ1v) is 11.4. The van der Waals surface area contributed by atoms with E-state index in [0.29, 0.717) is 30.4 Å². The average molecular weight is 435 g/mol. The fourth-order valence-electron chi connectivity index (χ4n) is 3.01. The summed E-state index contributed by atoms with van der Waals surface area (Å²) in [4.78, 5) is 12.5. The lowest BCUT2D eigenvalue weighted by atomic mass is 10.2. The van der Waals surface area contributed by atoms with E-state index in [-0.39, 0.29) is 19.2 Å². The summed E-state index contributed by atoms with van der Waals surface area (Å²) in [6.45, 7) is 4.47. The number of nitrogens with zero attached hydrogens (tertiary/aromatic N) is 1. The minimum atomic E-state index is -3.69. The number of hydrogen-bond acceptors (Lipinski definition) is 6. The smallest absolute Gasteiger partial charge is 0.241 e. The van der Waals surface area contributed by atoms with Crippen LogP contribution in [0.3, 0.4) is 0 Å². The third-order valence-electron chi connectivity index (χ3n) is 4.49. The van der Waals surface area contributed by atoms with Gasteiger partial charge in [-0.05, 0) is 37.6 Å². The van der Waals surface area contributed by atoms with Crippen LogP contribution in [-0.2, 0) is 14.8 Å². The zero-order valence-electron chi connectivity index (χ0n) is 17.3. The quantitative estimate of drug-likeness (QED) is 0.684. The van der Waals surface area contributed by atoms with Gasteiger partial charge in [-0.15, -0.1) is 0 Å². The van der Waals surface area contributed by atoms with Gasteiger partial charge in [0, 0.05) is 6.07 Å². The Balaban J connectivity index is 1.64. The predicted octanol–water partition coefficient (Wildman–Crippen LogP) is 2.12. The van der Waals surface area contributed by atoms with Gasteiger partial charge in [0.05, 0.1) is 18.0 Å². The van der Waals surface area contributed by atoms with Crippen molar-refractivity contribution in [3.8, 4) is 17.2 Å². The number of fused-ring (bicyclic) bond motifs is 1. The van der Waals surface area contributed by atoms with Crippen molar-refractivity contribution in [3.05, 3.63) is 48.0 Å². The number of nitrogens with one attached hydrogen (secondary N) is 1. The summed E-state index contributed by atoms with van der Waals surface area (Å²) in [5, 5.41) is 2.78. The number of carbonyl (C=O) groups is 1. The highest BCUT2D eigenvalue weighted by Crippen LogP contribution is 2.34. The number of sulfonamides is 1. The van der Waals surface area contributed by atoms with Gasteiger partial charge in [-0.3, -0.25) is 9.10 Å². The maximum absolute atomic E-state index is 12.5. The Morgan fingerprint density at radius 2 is 1.87 bits per heavy atom. The Morgan fingerprint density at radius 3 is 2.57 bits per heavy atom. The van der Waals surface area contributed by atoms with Crippen LogP contribution >= 0.6 is 0 Å². The van der Waals surface area contributed by atoms with Gasteiger partial charge in [-0.25, -0.2) is 8.42 Å². The van der Waals surface area contributed by atoms with Gasteiger partial charge in [0.15, 0.2) is 11.5 Å². The Labute approximate surface area is 176 Å². The van der Waals surface area contributed by atoms with Gasteiger partial charge >= 0.3 is 0 Å². The van der Waals surface area contributed by atoms with Crippen molar-refractivity contribution in [1.29, 1.82) is 0 Å². The van der Waals surface area contributed by atoms with Crippen molar-refractivity contribution < 1.29 is 27.4 Å². The normalized spacial score (nSPS) is 14.0. The summed E-state index contributed by atoms with van der Waals surface area (Å²) in [6.07, 6.45) is 1.06. The van der Waals surface area contributed by atoms with E-state index < -0.39 is 15.9 Å². The van der Waals surface area contributed by atoms with Gasteiger partial charge in [-0.1, -0.05) is 18.2 Å². The van der Waals surface area contributed by atoms with Crippen molar-refractivity contribution >= 4 is 21.6 Å². The summed E-state index contributed by atoms with van der Waals surface area (Å²) in [5.41, 5.74) is 1.33. The fourth-order valence-corrected chi connectivity index (χ4v) is 3.86. The number of rotatable bonds is 8. The number of benzene rings is 2. The predicted molar refractivity (Wildman–Crippen MR) is 114 cm³/mol. The topological polar surface area (TPSA) is 94.2 Å². The first-order chi connectivity index (χ1) is 14.2. The monoisotopic (exact) mass is 434 g/mol. The molecule has 0 unspecified atom stereocenters. The Bertz CT molecular complexity index is 1010. The van der Waals surface area contributed by atoms with Crippen LogP contribution in [0.15, 0.2) is 42.5 Å². The molecule has 30 heavy (non-hydrogen) atoms. The van der Waals surface area contributed by atoms with Crippen LogP contribution in [0.1, 0.15) is 12.5 Å². The second-order valence-electron chi connectivity index (χ2n) is 7.14. The molecule has 0 fully saturated rings. The minimum Gasteiger partial charge on any atom is -0.491 e. The molecule has 0 aromatic heterocycles. The lowest BCUT2D eigenvalue weighted by Gasteiger charge is -2.25. The second kappa shape index (κ2) is 9.25. The van der Waals surface area contributed by atoms with Crippen LogP contribution < -0.4 is 23.8 Å². The van der Waals surface area contributed by atoms with Crippen LogP contribution in [0, 0.1) is 6.92 Å². The fraction of sp³-hybridized carbons (Fsp3) is 0.381. The molecule has 1 atom stereocenters. The van der Waals surface area contributed by atoms with Crippen molar-refractivity contribution in [1.82, 2.24) is 5.32 Å². The molecule has 0 saturated heterocycles. The number of para-hydroxylation sites is 1. The molecule has 1 amide bonds. The number of hydrogen-bond donors (Lipinski definition) is 1. The molecule has 0 spiro atoms. The van der Waals surface area contributed by atoms with Crippen LogP contribution in [0.25, 0.3) is 0 Å². The van der Waals surface area contributed by atoms with Crippen LogP contribution in [0.4, 0.5) is 5.69 Å². The highest BCUT2D eigenvalue weighted by Gasteiger charge is 2.24. The summed E-state index contributed by atoms with van der Waals surface area (Å²) in [6, 6.07) is 12.1. The summed E-state index contributed by atoms with van der Waals surface area (Å²) in [7, 11) is -3.69. The lowest BCUT2D eigenvalue weighted by Crippen LogP contribution is -2.45. The Hall–Kier alpha value is -2.94. The third-order valence-corrected chi connectivity index (χ3v) is 5.63. The standard InChI is InChI=1S/C21H26N2O6S/c1-15-6-4-5-7-18(15)29-14-16(2)22-21(24)13-23(30(3,25)26)17-8-9-19-20(12-17)28-11-10-27-19/h4-9,12,16H,10-11,13-14H2,1-3H3,(H,22,24)/t16-/m1/s1. The number of carbonyl (C=O) groups excluding carboxylic acids is 1. The van der Waals surface area contributed by atoms with Crippen molar-refractivity contribution in [3.63, 3.8) is 0 Å². The molecule has 162 valence electrons. The second-order valence-corrected chi connectivity index (χ2v) is 9.05. The van der Waals surface area contributed by atoms with Gasteiger partial charge in [0.2, 0.25) is 15.9 Å². The Morgan fingerprint density at radius 1 is 1.17 bits per heavy atom. The van der Waals surface area contributed by atoms with E-state index in [9.17, 15) is 13.2 Å². The number of aryl methyl sites for hydroxylation is 1. The van der Waals surface area contributed by atoms with E-state index in [2.05, 4.69) is 5.32 Å². The first kappa shape index (κ1) is 21.8. The van der Waals surface area contributed by atoms with E-state index in [0.717, 1.165) is 21.9 Å². The number of anilines is 1. The maximum Gasteiger partial charge on any atom is 0.241 e. The van der Waals surface area contributed by atoms with Crippen LogP contribution in [0.5, 0.6) is 17.2 Å². The SMILES string of the molecule is Cc1ccccc1OC[C@@H](C)NC(=O)CN(c1ccc2c(c1)OCCO2)S(C)(=O)=O. The summed E-state index contributed by atoms with van der Waals surface area (Å²) in [5.74, 6) is 1.31. The zero-order valence-corrected chi connectivity index (χ0v) is 18.1. The van der Waals surface area contributed by atoms with Crippen molar-refractivity contribution in [2.45, 2.75) is 19.9 Å². The van der Waals surface area contributed by atoms with E-state index >= 15 is 0 Å². The molecule has 2 aromatic carbocycles. The van der Waals surface area contributed by atoms with E-state index in [1.165, 1.54) is 0 Å². The van der Waals surface area contributed by atoms with Crippen molar-refractivity contribution in [2.24, 2.45) is 0 Å². The first-order valence-electron chi connectivity index (χ1n) is 9.59. The molecule has 3 rings (SSSR count). The maximum atomic E-state index is 12.5. The molecule has 0 radical (unpaired) electrons. The molecule has 1 heterocycles. The lowest BCUT2D eigenvalue weighted by molar-refractivity contribution is -0.120. The zero-order chi connectivity index (χ0) is 21.7. The van der Waals surface area contributed by atoms with Crippen molar-refractivity contribution in [2.75, 3.05) is 36.9 Å². The molecule has 2 aromatic rings. The average Bonchev–Trinajstić information content (AvgIpc) is 2.70. The Kier molecular flexibility index (Phi) is 6.71. The minimum absolute atomic E-state index is 0.263. The van der Waals surface area contributed by atoms with E-state index in [1.54, 1.807) is 25.1 Å². The molecular formula is C21H26N2O6S. The number of ether oxygens (including phenoxy) is 3. The van der Waals surface area contributed by atoms with Gasteiger partial charge in [0.1, 0.15) is 32.1 Å². The molecule has 9 heteroatoms. The molecule has 1 aliphatic heterocycles. The third kappa shape index (κ3) is 5.56. The van der Waals surface area contributed by atoms with E-state index in [4.69, 9.17) is 14.2 Å². The van der Waals surface area contributed by atoms with Gasteiger partial charge in [-0.2, -0.15) is 0 Å². The van der Waals surface area contributed by atoms with Gasteiger partial charge < -0.3 is 19.5 Å². The van der Waals surface area contributed by atoms with Gasteiger partial charge in [0.25, 0.3) is 0 Å².